The van der Waals surface area contributed by atoms with Crippen LogP contribution in [0.1, 0.15) is 31.9 Å². The second kappa shape index (κ2) is 7.98. The van der Waals surface area contributed by atoms with Gasteiger partial charge in [-0.05, 0) is 44.0 Å². The van der Waals surface area contributed by atoms with Gasteiger partial charge in [0.15, 0.2) is 0 Å². The molecule has 0 saturated heterocycles. The number of benzene rings is 1. The summed E-state index contributed by atoms with van der Waals surface area (Å²) in [4.78, 5) is 27.6. The minimum atomic E-state index is -0.842. The van der Waals surface area contributed by atoms with Crippen molar-refractivity contribution in [3.05, 3.63) is 68.8 Å². The van der Waals surface area contributed by atoms with E-state index in [1.54, 1.807) is 35.0 Å². The molecule has 0 fully saturated rings. The summed E-state index contributed by atoms with van der Waals surface area (Å²) in [5.74, 6) is 0.506. The fourth-order valence-corrected chi connectivity index (χ4v) is 3.91. The summed E-state index contributed by atoms with van der Waals surface area (Å²) in [6.07, 6.45) is 2.92. The van der Waals surface area contributed by atoms with E-state index in [1.807, 2.05) is 4.90 Å². The van der Waals surface area contributed by atoms with Crippen LogP contribution in [0.4, 0.5) is 5.95 Å². The van der Waals surface area contributed by atoms with Crippen molar-refractivity contribution >= 4 is 29.2 Å². The molecule has 3 aromatic rings. The van der Waals surface area contributed by atoms with Crippen LogP contribution in [0.2, 0.25) is 10.0 Å². The summed E-state index contributed by atoms with van der Waals surface area (Å²) in [7, 11) is 0. The number of anilines is 1. The molecule has 1 atom stereocenters. The third kappa shape index (κ3) is 3.93. The lowest BCUT2D eigenvalue weighted by Gasteiger charge is -2.45. The van der Waals surface area contributed by atoms with Gasteiger partial charge in [-0.3, -0.25) is 9.36 Å². The Morgan fingerprint density at radius 3 is 2.67 bits per heavy atom. The molecule has 0 unspecified atom stereocenters. The third-order valence-corrected chi connectivity index (χ3v) is 6.17. The number of aliphatic hydroxyl groups is 1. The Balaban J connectivity index is 1.75. The van der Waals surface area contributed by atoms with Gasteiger partial charge < -0.3 is 10.0 Å². The van der Waals surface area contributed by atoms with Gasteiger partial charge in [-0.25, -0.2) is 15.0 Å². The van der Waals surface area contributed by atoms with Gasteiger partial charge >= 0.3 is 0 Å². The van der Waals surface area contributed by atoms with Crippen LogP contribution >= 0.6 is 23.2 Å². The summed E-state index contributed by atoms with van der Waals surface area (Å²) < 4.78 is 1.64. The van der Waals surface area contributed by atoms with Crippen LogP contribution in [0.15, 0.2) is 47.7 Å². The van der Waals surface area contributed by atoms with Crippen molar-refractivity contribution in [3.63, 3.8) is 0 Å². The van der Waals surface area contributed by atoms with Crippen molar-refractivity contribution < 1.29 is 5.11 Å². The fourth-order valence-electron chi connectivity index (χ4n) is 3.60. The molecule has 0 amide bonds. The van der Waals surface area contributed by atoms with Gasteiger partial charge in [0.2, 0.25) is 5.95 Å². The van der Waals surface area contributed by atoms with Gasteiger partial charge in [-0.15, -0.1) is 0 Å². The average Bonchev–Trinajstić information content (AvgIpc) is 2.72. The molecule has 156 valence electrons. The van der Waals surface area contributed by atoms with E-state index in [2.05, 4.69) is 23.8 Å². The fraction of sp³-hybridized carbons (Fsp3) is 0.333. The average molecular weight is 446 g/mol. The molecule has 0 radical (unpaired) electrons. The zero-order valence-electron chi connectivity index (χ0n) is 16.6. The molecule has 0 saturated carbocycles. The summed E-state index contributed by atoms with van der Waals surface area (Å²) >= 11 is 12.1. The van der Waals surface area contributed by atoms with Crippen molar-refractivity contribution in [2.24, 2.45) is 0 Å². The normalized spacial score (nSPS) is 16.2. The lowest BCUT2D eigenvalue weighted by atomic mass is 9.95. The summed E-state index contributed by atoms with van der Waals surface area (Å²) in [5.41, 5.74) is 1.21. The third-order valence-electron chi connectivity index (χ3n) is 5.44. The number of hydrogen-bond donors (Lipinski definition) is 1. The summed E-state index contributed by atoms with van der Waals surface area (Å²) in [6.45, 7) is 4.94. The molecule has 2 aromatic heterocycles. The van der Waals surface area contributed by atoms with Gasteiger partial charge in [0.25, 0.3) is 5.56 Å². The number of rotatable bonds is 4. The Morgan fingerprint density at radius 2 is 1.97 bits per heavy atom. The van der Waals surface area contributed by atoms with Gasteiger partial charge in [-0.2, -0.15) is 0 Å². The first-order valence-corrected chi connectivity index (χ1v) is 10.3. The maximum atomic E-state index is 12.8. The van der Waals surface area contributed by atoms with E-state index in [1.165, 1.54) is 12.4 Å². The van der Waals surface area contributed by atoms with E-state index in [0.717, 1.165) is 6.42 Å². The van der Waals surface area contributed by atoms with E-state index in [0.29, 0.717) is 39.5 Å². The second-order valence-electron chi connectivity index (χ2n) is 7.89. The maximum absolute atomic E-state index is 12.8. The molecule has 0 spiro atoms. The Morgan fingerprint density at radius 1 is 1.17 bits per heavy atom. The van der Waals surface area contributed by atoms with Gasteiger partial charge in [0, 0.05) is 24.3 Å². The zero-order chi connectivity index (χ0) is 21.5. The molecule has 1 aromatic carbocycles. The van der Waals surface area contributed by atoms with Crippen LogP contribution in [-0.4, -0.2) is 36.7 Å². The van der Waals surface area contributed by atoms with E-state index in [-0.39, 0.29) is 17.6 Å². The van der Waals surface area contributed by atoms with Crippen LogP contribution in [0.3, 0.4) is 0 Å². The predicted octanol–water partition coefficient (Wildman–Crippen LogP) is 3.73. The summed E-state index contributed by atoms with van der Waals surface area (Å²) in [5, 5.41) is 11.7. The van der Waals surface area contributed by atoms with Crippen LogP contribution in [0, 0.1) is 0 Å². The van der Waals surface area contributed by atoms with Crippen molar-refractivity contribution in [3.8, 4) is 11.4 Å². The summed E-state index contributed by atoms with van der Waals surface area (Å²) in [6, 6.07) is 8.25. The number of halogens is 2. The molecule has 30 heavy (non-hydrogen) atoms. The van der Waals surface area contributed by atoms with E-state index >= 15 is 0 Å². The number of β-amino-alcohol motifs (C(OH)–C–C–N with tert-alkyl or cyclic N) is 1. The molecule has 7 nitrogen and oxygen atoms in total. The molecular weight excluding hydrogens is 425 g/mol. The largest absolute Gasteiger partial charge is 0.387 e. The molecular formula is C21H21Cl2N5O2. The SMILES string of the molecule is CC1(C)CCn2c(nc(-c3ccncn3)cc2=O)N1C[C@@H](O)c1ccc(Cl)c(Cl)c1. The first-order valence-electron chi connectivity index (χ1n) is 9.55. The minimum absolute atomic E-state index is 0.155. The first kappa shape index (κ1) is 20.8. The predicted molar refractivity (Wildman–Crippen MR) is 117 cm³/mol. The van der Waals surface area contributed by atoms with Crippen molar-refractivity contribution in [1.29, 1.82) is 0 Å². The first-order chi connectivity index (χ1) is 14.3. The lowest BCUT2D eigenvalue weighted by Crippen LogP contribution is -2.53. The standard InChI is InChI=1S/C21H21Cl2N5O2/c1-21(2)6-8-27-19(30)10-17(16-5-7-24-12-25-16)26-20(27)28(21)11-18(29)13-3-4-14(22)15(23)9-13/h3-5,7,9-10,12,18,29H,6,8,11H2,1-2H3/t18-/m1/s1. The van der Waals surface area contributed by atoms with Crippen LogP contribution in [0.25, 0.3) is 11.4 Å². The molecule has 1 aliphatic rings. The highest BCUT2D eigenvalue weighted by molar-refractivity contribution is 6.42. The van der Waals surface area contributed by atoms with Crippen LogP contribution < -0.4 is 10.5 Å². The lowest BCUT2D eigenvalue weighted by molar-refractivity contribution is 0.169. The topological polar surface area (TPSA) is 84.1 Å². The van der Waals surface area contributed by atoms with Gasteiger partial charge in [-0.1, -0.05) is 29.3 Å². The number of aliphatic hydroxyl groups excluding tert-OH is 1. The Hall–Kier alpha value is -2.48. The van der Waals surface area contributed by atoms with E-state index in [9.17, 15) is 9.90 Å². The van der Waals surface area contributed by atoms with E-state index < -0.39 is 6.10 Å². The molecule has 3 heterocycles. The van der Waals surface area contributed by atoms with Crippen LogP contribution in [0.5, 0.6) is 0 Å². The molecule has 4 rings (SSSR count). The highest BCUT2D eigenvalue weighted by Gasteiger charge is 2.36. The molecule has 1 aliphatic heterocycles. The van der Waals surface area contributed by atoms with Crippen molar-refractivity contribution in [1.82, 2.24) is 19.5 Å². The Kier molecular flexibility index (Phi) is 5.53. The monoisotopic (exact) mass is 445 g/mol. The van der Waals surface area contributed by atoms with Gasteiger partial charge in [0.1, 0.15) is 6.33 Å². The van der Waals surface area contributed by atoms with Gasteiger partial charge in [0.05, 0.1) is 34.1 Å². The molecule has 9 heteroatoms. The highest BCUT2D eigenvalue weighted by atomic mass is 35.5. The number of aromatic nitrogens is 4. The Bertz CT molecular complexity index is 1130. The smallest absolute Gasteiger partial charge is 0.255 e. The molecule has 0 bridgehead atoms. The number of fused-ring (bicyclic) bond motifs is 1. The minimum Gasteiger partial charge on any atom is -0.387 e. The quantitative estimate of drug-likeness (QED) is 0.658. The highest BCUT2D eigenvalue weighted by Crippen LogP contribution is 2.34. The Labute approximate surface area is 184 Å². The molecule has 0 aliphatic carbocycles. The van der Waals surface area contributed by atoms with Crippen LogP contribution in [-0.2, 0) is 6.54 Å². The maximum Gasteiger partial charge on any atom is 0.255 e. The van der Waals surface area contributed by atoms with E-state index in [4.69, 9.17) is 28.2 Å². The number of nitrogens with zero attached hydrogens (tertiary/aromatic N) is 5. The molecule has 1 N–H and O–H groups in total. The zero-order valence-corrected chi connectivity index (χ0v) is 18.1. The number of hydrogen-bond acceptors (Lipinski definition) is 6. The van der Waals surface area contributed by atoms with Crippen molar-refractivity contribution in [2.45, 2.75) is 38.5 Å². The second-order valence-corrected chi connectivity index (χ2v) is 8.70. The van der Waals surface area contributed by atoms with Crippen molar-refractivity contribution in [2.75, 3.05) is 11.4 Å².